The Kier molecular flexibility index (Phi) is 5.05. The van der Waals surface area contributed by atoms with E-state index in [4.69, 9.17) is 8.94 Å². The highest BCUT2D eigenvalue weighted by molar-refractivity contribution is 6.06. The Morgan fingerprint density at radius 2 is 1.90 bits per heavy atom. The van der Waals surface area contributed by atoms with Crippen LogP contribution in [0.4, 0.5) is 0 Å². The molecule has 1 N–H and O–H groups in total. The lowest BCUT2D eigenvalue weighted by atomic mass is 10.1. The summed E-state index contributed by atoms with van der Waals surface area (Å²) in [5, 5.41) is 7.41. The summed E-state index contributed by atoms with van der Waals surface area (Å²) >= 11 is 0. The van der Waals surface area contributed by atoms with Crippen molar-refractivity contribution < 1.29 is 18.5 Å². The number of benzene rings is 1. The number of fused-ring (bicyclic) bond motifs is 1. The minimum atomic E-state index is -0.282. The molecule has 0 spiro atoms. The normalized spacial score (nSPS) is 10.9. The number of aromatic nitrogens is 2. The van der Waals surface area contributed by atoms with Gasteiger partial charge in [0.15, 0.2) is 5.76 Å². The Morgan fingerprint density at radius 3 is 2.57 bits per heavy atom. The standard InChI is InChI=1S/C22H20N4O4/c1-13-19-16(11-17(18-5-4-10-29-18)24-21(19)30-25-13)20(27)23-12-14-6-8-15(9-7-14)22(28)26(2)3/h4-11H,12H2,1-3H3,(H,23,27). The Morgan fingerprint density at radius 1 is 1.13 bits per heavy atom. The van der Waals surface area contributed by atoms with Crippen LogP contribution in [0.25, 0.3) is 22.6 Å². The van der Waals surface area contributed by atoms with Crippen LogP contribution < -0.4 is 5.32 Å². The first-order chi connectivity index (χ1) is 14.4. The van der Waals surface area contributed by atoms with Gasteiger partial charge in [0.2, 0.25) is 0 Å². The molecule has 4 aromatic rings. The van der Waals surface area contributed by atoms with Gasteiger partial charge in [-0.1, -0.05) is 17.3 Å². The number of carbonyl (C=O) groups is 2. The molecule has 3 heterocycles. The van der Waals surface area contributed by atoms with E-state index >= 15 is 0 Å². The number of furan rings is 1. The topological polar surface area (TPSA) is 101 Å². The Balaban J connectivity index is 1.57. The summed E-state index contributed by atoms with van der Waals surface area (Å²) in [6.07, 6.45) is 1.54. The van der Waals surface area contributed by atoms with Crippen LogP contribution in [0.2, 0.25) is 0 Å². The van der Waals surface area contributed by atoms with Crippen molar-refractivity contribution in [1.29, 1.82) is 0 Å². The lowest BCUT2D eigenvalue weighted by Crippen LogP contribution is -2.24. The number of pyridine rings is 1. The van der Waals surface area contributed by atoms with Gasteiger partial charge in [0.25, 0.3) is 17.5 Å². The second kappa shape index (κ2) is 7.82. The third-order valence-electron chi connectivity index (χ3n) is 4.70. The molecular formula is C22H20N4O4. The van der Waals surface area contributed by atoms with Gasteiger partial charge in [0, 0.05) is 26.2 Å². The van der Waals surface area contributed by atoms with Gasteiger partial charge in [-0.15, -0.1) is 0 Å². The number of hydrogen-bond donors (Lipinski definition) is 1. The van der Waals surface area contributed by atoms with E-state index < -0.39 is 0 Å². The molecule has 1 aromatic carbocycles. The zero-order valence-corrected chi connectivity index (χ0v) is 16.8. The van der Waals surface area contributed by atoms with Crippen molar-refractivity contribution in [3.8, 4) is 11.5 Å². The quantitative estimate of drug-likeness (QED) is 0.547. The molecule has 3 aromatic heterocycles. The fourth-order valence-electron chi connectivity index (χ4n) is 3.13. The zero-order chi connectivity index (χ0) is 21.3. The number of nitrogens with one attached hydrogen (secondary N) is 1. The van der Waals surface area contributed by atoms with Crippen LogP contribution in [0.15, 0.2) is 57.7 Å². The van der Waals surface area contributed by atoms with Crippen molar-refractivity contribution in [2.45, 2.75) is 13.5 Å². The number of hydrogen-bond acceptors (Lipinski definition) is 6. The van der Waals surface area contributed by atoms with Gasteiger partial charge < -0.3 is 19.2 Å². The van der Waals surface area contributed by atoms with Crippen molar-refractivity contribution >= 4 is 22.9 Å². The fourth-order valence-corrected chi connectivity index (χ4v) is 3.13. The molecule has 8 nitrogen and oxygen atoms in total. The van der Waals surface area contributed by atoms with Crippen molar-refractivity contribution in [2.24, 2.45) is 0 Å². The smallest absolute Gasteiger partial charge is 0.259 e. The van der Waals surface area contributed by atoms with Crippen molar-refractivity contribution in [3.63, 3.8) is 0 Å². The fraction of sp³-hybridized carbons (Fsp3) is 0.182. The zero-order valence-electron chi connectivity index (χ0n) is 16.8. The van der Waals surface area contributed by atoms with Gasteiger partial charge in [0.1, 0.15) is 5.69 Å². The molecule has 0 aliphatic rings. The van der Waals surface area contributed by atoms with Crippen LogP contribution in [0.5, 0.6) is 0 Å². The minimum Gasteiger partial charge on any atom is -0.463 e. The van der Waals surface area contributed by atoms with E-state index in [9.17, 15) is 9.59 Å². The first-order valence-electron chi connectivity index (χ1n) is 9.33. The largest absolute Gasteiger partial charge is 0.463 e. The van der Waals surface area contributed by atoms with E-state index in [1.54, 1.807) is 51.4 Å². The first-order valence-corrected chi connectivity index (χ1v) is 9.33. The van der Waals surface area contributed by atoms with Gasteiger partial charge in [-0.05, 0) is 42.8 Å². The van der Waals surface area contributed by atoms with Gasteiger partial charge in [-0.25, -0.2) is 4.98 Å². The molecule has 0 radical (unpaired) electrons. The van der Waals surface area contributed by atoms with Gasteiger partial charge >= 0.3 is 0 Å². The van der Waals surface area contributed by atoms with E-state index in [1.165, 1.54) is 11.2 Å². The lowest BCUT2D eigenvalue weighted by Gasteiger charge is -2.11. The molecule has 0 aliphatic heterocycles. The second-order valence-corrected chi connectivity index (χ2v) is 7.06. The predicted molar refractivity (Wildman–Crippen MR) is 110 cm³/mol. The molecule has 8 heteroatoms. The molecule has 30 heavy (non-hydrogen) atoms. The third-order valence-corrected chi connectivity index (χ3v) is 4.70. The highest BCUT2D eigenvalue weighted by Gasteiger charge is 2.20. The van der Waals surface area contributed by atoms with E-state index in [0.717, 1.165) is 5.56 Å². The number of aryl methyl sites for hydroxylation is 1. The second-order valence-electron chi connectivity index (χ2n) is 7.06. The van der Waals surface area contributed by atoms with Crippen LogP contribution in [-0.2, 0) is 6.54 Å². The van der Waals surface area contributed by atoms with E-state index in [-0.39, 0.29) is 17.5 Å². The average molecular weight is 404 g/mol. The molecule has 0 aliphatic carbocycles. The lowest BCUT2D eigenvalue weighted by molar-refractivity contribution is 0.0827. The molecule has 2 amide bonds. The Labute approximate surface area is 172 Å². The maximum absolute atomic E-state index is 13.0. The monoisotopic (exact) mass is 404 g/mol. The summed E-state index contributed by atoms with van der Waals surface area (Å²) in [5.74, 6) is 0.175. The maximum Gasteiger partial charge on any atom is 0.259 e. The van der Waals surface area contributed by atoms with Gasteiger partial charge in [0.05, 0.1) is 22.9 Å². The SMILES string of the molecule is Cc1noc2nc(-c3ccco3)cc(C(=O)NCc3ccc(C(=O)N(C)C)cc3)c12. The van der Waals surface area contributed by atoms with E-state index in [2.05, 4.69) is 15.5 Å². The molecular weight excluding hydrogens is 384 g/mol. The van der Waals surface area contributed by atoms with Crippen LogP contribution >= 0.6 is 0 Å². The van der Waals surface area contributed by atoms with Crippen LogP contribution in [0.3, 0.4) is 0 Å². The molecule has 4 rings (SSSR count). The Hall–Kier alpha value is -3.94. The van der Waals surface area contributed by atoms with Crippen molar-refractivity contribution in [2.75, 3.05) is 14.1 Å². The summed E-state index contributed by atoms with van der Waals surface area (Å²) in [6.45, 7) is 2.07. The average Bonchev–Trinajstić information content (AvgIpc) is 3.41. The highest BCUT2D eigenvalue weighted by Crippen LogP contribution is 2.27. The summed E-state index contributed by atoms with van der Waals surface area (Å²) < 4.78 is 10.7. The molecule has 0 unspecified atom stereocenters. The molecule has 0 saturated carbocycles. The van der Waals surface area contributed by atoms with Crippen LogP contribution in [0, 0.1) is 6.92 Å². The van der Waals surface area contributed by atoms with Crippen LogP contribution in [0.1, 0.15) is 32.0 Å². The Bertz CT molecular complexity index is 1210. The van der Waals surface area contributed by atoms with Crippen LogP contribution in [-0.4, -0.2) is 41.0 Å². The summed E-state index contributed by atoms with van der Waals surface area (Å²) in [6, 6.07) is 12.3. The first kappa shape index (κ1) is 19.4. The number of nitrogens with zero attached hydrogens (tertiary/aromatic N) is 3. The molecule has 0 atom stereocenters. The summed E-state index contributed by atoms with van der Waals surface area (Å²) in [7, 11) is 3.41. The molecule has 0 fully saturated rings. The van der Waals surface area contributed by atoms with Crippen molar-refractivity contribution in [3.05, 3.63) is 71.1 Å². The third kappa shape index (κ3) is 3.67. The van der Waals surface area contributed by atoms with Gasteiger partial charge in [-0.3, -0.25) is 9.59 Å². The summed E-state index contributed by atoms with van der Waals surface area (Å²) in [4.78, 5) is 30.9. The predicted octanol–water partition coefficient (Wildman–Crippen LogP) is 3.42. The number of carbonyl (C=O) groups excluding carboxylic acids is 2. The maximum atomic E-state index is 13.0. The molecule has 0 bridgehead atoms. The minimum absolute atomic E-state index is 0.0712. The molecule has 0 saturated heterocycles. The highest BCUT2D eigenvalue weighted by atomic mass is 16.5. The van der Waals surface area contributed by atoms with E-state index in [1.807, 2.05) is 12.1 Å². The van der Waals surface area contributed by atoms with Gasteiger partial charge in [-0.2, -0.15) is 0 Å². The number of rotatable bonds is 5. The summed E-state index contributed by atoms with van der Waals surface area (Å²) in [5.41, 5.74) is 3.22. The number of amides is 2. The van der Waals surface area contributed by atoms with Crippen molar-refractivity contribution in [1.82, 2.24) is 20.4 Å². The molecule has 152 valence electrons. The van der Waals surface area contributed by atoms with E-state index in [0.29, 0.717) is 40.2 Å².